The predicted molar refractivity (Wildman–Crippen MR) is 159 cm³/mol. The molecule has 1 atom stereocenters. The largest absolute Gasteiger partial charge is 0.497 e. The van der Waals surface area contributed by atoms with Gasteiger partial charge in [0.05, 0.1) is 29.4 Å². The number of anilines is 3. The van der Waals surface area contributed by atoms with Crippen LogP contribution in [-0.2, 0) is 4.79 Å². The molecule has 3 amide bonds. The zero-order valence-electron chi connectivity index (χ0n) is 21.8. The van der Waals surface area contributed by atoms with Crippen LogP contribution >= 0.6 is 23.4 Å². The molecule has 1 fully saturated rings. The van der Waals surface area contributed by atoms with Gasteiger partial charge in [0.2, 0.25) is 0 Å². The van der Waals surface area contributed by atoms with E-state index in [0.29, 0.717) is 34.1 Å². The number of urea groups is 1. The van der Waals surface area contributed by atoms with E-state index < -0.39 is 11.8 Å². The molecule has 0 bridgehead atoms. The smallest absolute Gasteiger partial charge is 0.323 e. The predicted octanol–water partition coefficient (Wildman–Crippen LogP) is 6.89. The van der Waals surface area contributed by atoms with Crippen LogP contribution in [0, 0.1) is 5.82 Å². The van der Waals surface area contributed by atoms with E-state index in [4.69, 9.17) is 21.3 Å². The van der Waals surface area contributed by atoms with Crippen LogP contribution in [0.25, 0.3) is 0 Å². The van der Waals surface area contributed by atoms with Crippen LogP contribution in [0.4, 0.5) is 26.2 Å². The molecule has 5 rings (SSSR count). The van der Waals surface area contributed by atoms with Gasteiger partial charge in [-0.2, -0.15) is 0 Å². The average Bonchev–Trinajstić information content (AvgIpc) is 2.95. The van der Waals surface area contributed by atoms with Crippen molar-refractivity contribution in [3.63, 3.8) is 0 Å². The Kier molecular flexibility index (Phi) is 8.27. The normalized spacial score (nSPS) is 16.6. The number of ether oxygens (including phenoxy) is 1. The molecule has 3 aromatic carbocycles. The van der Waals surface area contributed by atoms with Crippen molar-refractivity contribution in [2.75, 3.05) is 35.4 Å². The van der Waals surface area contributed by atoms with E-state index >= 15 is 0 Å². The number of benzene rings is 3. The maximum Gasteiger partial charge on any atom is 0.323 e. The van der Waals surface area contributed by atoms with Crippen LogP contribution in [0.15, 0.2) is 83.0 Å². The van der Waals surface area contributed by atoms with Crippen LogP contribution in [0.3, 0.4) is 0 Å². The molecule has 8 nitrogen and oxygen atoms in total. The van der Waals surface area contributed by atoms with E-state index in [2.05, 4.69) is 20.9 Å². The Hall–Kier alpha value is -4.02. The summed E-state index contributed by atoms with van der Waals surface area (Å²) in [5.41, 5.74) is 3.69. The number of rotatable bonds is 6. The number of hydrogen-bond acceptors (Lipinski definition) is 6. The van der Waals surface area contributed by atoms with Gasteiger partial charge in [0, 0.05) is 29.4 Å². The number of fused-ring (bicyclic) bond motifs is 1. The highest BCUT2D eigenvalue weighted by Gasteiger charge is 2.37. The number of amides is 3. The van der Waals surface area contributed by atoms with Gasteiger partial charge in [-0.15, -0.1) is 0 Å². The van der Waals surface area contributed by atoms with Gasteiger partial charge in [-0.05, 0) is 73.5 Å². The van der Waals surface area contributed by atoms with Crippen molar-refractivity contribution in [2.24, 2.45) is 4.99 Å². The third-order valence-corrected chi connectivity index (χ3v) is 7.88. The highest BCUT2D eigenvalue weighted by Crippen LogP contribution is 2.40. The summed E-state index contributed by atoms with van der Waals surface area (Å²) in [5.74, 6) is 0.880. The Morgan fingerprint density at radius 3 is 2.35 bits per heavy atom. The third kappa shape index (κ3) is 6.08. The first-order chi connectivity index (χ1) is 19.3. The average molecular weight is 580 g/mol. The molecule has 0 saturated carbocycles. The fourth-order valence-corrected chi connectivity index (χ4v) is 5.79. The first kappa shape index (κ1) is 27.5. The summed E-state index contributed by atoms with van der Waals surface area (Å²) in [6.45, 7) is 2.63. The number of hydrogen-bond donors (Lipinski definition) is 3. The lowest BCUT2D eigenvalue weighted by molar-refractivity contribution is -0.113. The Bertz CT molecular complexity index is 1490. The zero-order valence-corrected chi connectivity index (χ0v) is 23.4. The molecule has 0 aliphatic carbocycles. The summed E-state index contributed by atoms with van der Waals surface area (Å²) in [6, 6.07) is 17.6. The second-order valence-corrected chi connectivity index (χ2v) is 10.7. The Morgan fingerprint density at radius 2 is 1.65 bits per heavy atom. The first-order valence-corrected chi connectivity index (χ1v) is 14.0. The Balaban J connectivity index is 1.36. The molecule has 2 aliphatic rings. The number of methoxy groups -OCH3 is 1. The number of amidine groups is 1. The molecule has 3 N–H and O–H groups in total. The molecule has 40 heavy (non-hydrogen) atoms. The van der Waals surface area contributed by atoms with Gasteiger partial charge in [0.1, 0.15) is 11.6 Å². The van der Waals surface area contributed by atoms with E-state index in [9.17, 15) is 14.0 Å². The second-order valence-electron chi connectivity index (χ2n) is 9.20. The molecule has 206 valence electrons. The maximum atomic E-state index is 13.6. The number of nitrogens with zero attached hydrogens (tertiary/aromatic N) is 2. The van der Waals surface area contributed by atoms with Crippen molar-refractivity contribution >= 4 is 57.5 Å². The van der Waals surface area contributed by atoms with E-state index in [1.807, 2.05) is 19.1 Å². The van der Waals surface area contributed by atoms with Gasteiger partial charge in [-0.3, -0.25) is 4.79 Å². The molecular weight excluding hydrogens is 553 g/mol. The van der Waals surface area contributed by atoms with E-state index in [1.54, 1.807) is 55.3 Å². The number of carbonyl (C=O) groups is 2. The lowest BCUT2D eigenvalue weighted by atomic mass is 9.93. The van der Waals surface area contributed by atoms with Crippen molar-refractivity contribution in [1.29, 1.82) is 0 Å². The number of halogens is 2. The van der Waals surface area contributed by atoms with E-state index in [1.165, 1.54) is 18.2 Å². The number of aliphatic imine (C=N–C) groups is 1. The highest BCUT2D eigenvalue weighted by molar-refractivity contribution is 8.13. The third-order valence-electron chi connectivity index (χ3n) is 6.51. The quantitative estimate of drug-likeness (QED) is 0.295. The topological polar surface area (TPSA) is 95.1 Å². The summed E-state index contributed by atoms with van der Waals surface area (Å²) in [6.07, 6.45) is 0.972. The molecule has 3 aromatic rings. The minimum absolute atomic E-state index is 0.0800. The molecule has 0 spiro atoms. The molecule has 1 unspecified atom stereocenters. The molecule has 2 aliphatic heterocycles. The summed E-state index contributed by atoms with van der Waals surface area (Å²) < 4.78 is 18.6. The van der Waals surface area contributed by atoms with Crippen LogP contribution in [-0.4, -0.2) is 41.4 Å². The number of carbonyl (C=O) groups excluding carboxylic acids is 2. The summed E-state index contributed by atoms with van der Waals surface area (Å²) in [7, 11) is 1.59. The summed E-state index contributed by atoms with van der Waals surface area (Å²) in [5, 5.41) is 9.22. The highest BCUT2D eigenvalue weighted by atomic mass is 35.5. The van der Waals surface area contributed by atoms with Crippen LogP contribution in [0.1, 0.15) is 24.9 Å². The van der Waals surface area contributed by atoms with Crippen LogP contribution < -0.4 is 20.7 Å². The maximum absolute atomic E-state index is 13.6. The standard InChI is InChI=1S/C29H27ClFN5O3S/c1-17-25(27(37)33-19-8-11-22(39-2)12-9-19)26(36-14-3-15-40-29(36)32-17)18-4-6-20(7-5-18)34-28(38)35-21-10-13-24(31)23(30)16-21/h4-13,16,26H,3,14-15H2,1-2H3,(H,33,37)(H2,34,35,38). The first-order valence-electron chi connectivity index (χ1n) is 12.6. The van der Waals surface area contributed by atoms with Gasteiger partial charge in [0.25, 0.3) is 5.91 Å². The molecule has 0 aromatic heterocycles. The van der Waals surface area contributed by atoms with Gasteiger partial charge in [-0.25, -0.2) is 14.2 Å². The Labute approximate surface area is 240 Å². The van der Waals surface area contributed by atoms with Gasteiger partial charge < -0.3 is 25.6 Å². The SMILES string of the molecule is COc1ccc(NC(=O)C2=C(C)N=C3SCCCN3C2c2ccc(NC(=O)Nc3ccc(F)c(Cl)c3)cc2)cc1. The minimum atomic E-state index is -0.562. The molecule has 11 heteroatoms. The van der Waals surface area contributed by atoms with Gasteiger partial charge in [0.15, 0.2) is 5.17 Å². The number of allylic oxidation sites excluding steroid dienone is 1. The second kappa shape index (κ2) is 12.0. The van der Waals surface area contributed by atoms with Crippen LogP contribution in [0.5, 0.6) is 5.75 Å². The van der Waals surface area contributed by atoms with Crippen molar-refractivity contribution in [3.8, 4) is 5.75 Å². The summed E-state index contributed by atoms with van der Waals surface area (Å²) in [4.78, 5) is 33.0. The van der Waals surface area contributed by atoms with Crippen molar-refractivity contribution in [1.82, 2.24) is 4.90 Å². The van der Waals surface area contributed by atoms with Crippen LogP contribution in [0.2, 0.25) is 5.02 Å². The van der Waals surface area contributed by atoms with Crippen molar-refractivity contribution in [3.05, 3.63) is 94.4 Å². The number of nitrogens with one attached hydrogen (secondary N) is 3. The van der Waals surface area contributed by atoms with Crippen molar-refractivity contribution < 1.29 is 18.7 Å². The monoisotopic (exact) mass is 579 g/mol. The fraction of sp³-hybridized carbons (Fsp3) is 0.207. The lowest BCUT2D eigenvalue weighted by Gasteiger charge is -2.41. The van der Waals surface area contributed by atoms with Crippen molar-refractivity contribution in [2.45, 2.75) is 19.4 Å². The molecular formula is C29H27ClFN5O3S. The number of thioether (sulfide) groups is 1. The molecule has 2 heterocycles. The molecule has 1 saturated heterocycles. The molecule has 0 radical (unpaired) electrons. The van der Waals surface area contributed by atoms with E-state index in [-0.39, 0.29) is 17.0 Å². The zero-order chi connectivity index (χ0) is 28.2. The minimum Gasteiger partial charge on any atom is -0.497 e. The summed E-state index contributed by atoms with van der Waals surface area (Å²) >= 11 is 7.48. The van der Waals surface area contributed by atoms with Gasteiger partial charge in [-0.1, -0.05) is 35.5 Å². The lowest BCUT2D eigenvalue weighted by Crippen LogP contribution is -2.43. The van der Waals surface area contributed by atoms with Gasteiger partial charge >= 0.3 is 6.03 Å². The van der Waals surface area contributed by atoms with E-state index in [0.717, 1.165) is 29.4 Å². The Morgan fingerprint density at radius 1 is 1.00 bits per heavy atom. The fourth-order valence-electron chi connectivity index (χ4n) is 4.59.